The maximum absolute atomic E-state index is 13.3. The van der Waals surface area contributed by atoms with Gasteiger partial charge in [-0.3, -0.25) is 4.79 Å². The normalized spacial score (nSPS) is 25.3. The van der Waals surface area contributed by atoms with E-state index in [4.69, 9.17) is 15.5 Å². The largest absolute Gasteiger partial charge is 0.434 e. The van der Waals surface area contributed by atoms with Crippen LogP contribution in [0.15, 0.2) is 54.6 Å². The van der Waals surface area contributed by atoms with Crippen molar-refractivity contribution in [3.8, 4) is 16.9 Å². The zero-order valence-electron chi connectivity index (χ0n) is 20.7. The van der Waals surface area contributed by atoms with E-state index in [2.05, 4.69) is 9.88 Å². The fraction of sp³-hybridized carbons (Fsp3) is 0.286. The summed E-state index contributed by atoms with van der Waals surface area (Å²) in [4.78, 5) is 19.8. The molecule has 4 aromatic rings. The second kappa shape index (κ2) is 7.75. The van der Waals surface area contributed by atoms with Gasteiger partial charge in [-0.2, -0.15) is 8.78 Å². The number of aliphatic hydroxyl groups is 1. The summed E-state index contributed by atoms with van der Waals surface area (Å²) in [5, 5.41) is 13.4. The molecule has 0 saturated carbocycles. The number of carbonyl (C=O) groups is 1. The molecule has 0 fully saturated rings. The molecule has 3 aliphatic heterocycles. The van der Waals surface area contributed by atoms with E-state index in [9.17, 15) is 18.7 Å². The second-order valence-corrected chi connectivity index (χ2v) is 10.4. The predicted octanol–water partition coefficient (Wildman–Crippen LogP) is 4.34. The van der Waals surface area contributed by atoms with Crippen LogP contribution in [0.1, 0.15) is 52.7 Å². The molecular formula is C28H25F2N5O3. The third-order valence-electron chi connectivity index (χ3n) is 8.20. The standard InChI is InChI=1S/C28H25F2N5O3/c1-28(31)16-8-6-13(10-18(16)33-26(28)37)14-7-9-17-19(11-14)35-20-12-21(24(35)32-17)34(2)25(36)15-4-3-5-22(23(15)20)38-27(29)30/h3-11,20-21,26-27,33,37H,12,31H2,1-2H3/t20-,21-,26?,28?/m1/s1. The molecule has 1 aromatic heterocycles. The average Bonchev–Trinajstić information content (AvgIpc) is 3.48. The lowest BCUT2D eigenvalue weighted by Gasteiger charge is -2.24. The molecule has 7 rings (SSSR count). The Kier molecular flexibility index (Phi) is 4.71. The third-order valence-corrected chi connectivity index (χ3v) is 8.20. The third kappa shape index (κ3) is 3.07. The van der Waals surface area contributed by atoms with E-state index in [1.54, 1.807) is 31.0 Å². The predicted molar refractivity (Wildman–Crippen MR) is 137 cm³/mol. The smallest absolute Gasteiger partial charge is 0.387 e. The SMILES string of the molecule is CN1C(=O)c2cccc(OC(F)F)c2[C@H]2C[C@@H]1c1nc3ccc(-c4ccc5c(c4)NC(O)C5(C)N)cc3n12. The topological polar surface area (TPSA) is 106 Å². The number of ether oxygens (including phenoxy) is 1. The van der Waals surface area contributed by atoms with Gasteiger partial charge in [0.25, 0.3) is 5.91 Å². The Morgan fingerprint density at radius 1 is 1.16 bits per heavy atom. The number of anilines is 1. The summed E-state index contributed by atoms with van der Waals surface area (Å²) in [6.07, 6.45) is -0.377. The van der Waals surface area contributed by atoms with Crippen molar-refractivity contribution in [1.29, 1.82) is 0 Å². The number of hydrogen-bond donors (Lipinski definition) is 3. The highest BCUT2D eigenvalue weighted by molar-refractivity contribution is 5.98. The fourth-order valence-electron chi connectivity index (χ4n) is 6.22. The van der Waals surface area contributed by atoms with Crippen LogP contribution in [0.2, 0.25) is 0 Å². The molecule has 194 valence electrons. The number of imidazole rings is 1. The molecule has 2 bridgehead atoms. The van der Waals surface area contributed by atoms with Gasteiger partial charge in [0.05, 0.1) is 28.7 Å². The molecule has 4 N–H and O–H groups in total. The number of aliphatic hydroxyl groups excluding tert-OH is 1. The van der Waals surface area contributed by atoms with Gasteiger partial charge in [-0.15, -0.1) is 0 Å². The summed E-state index contributed by atoms with van der Waals surface area (Å²) in [5.74, 6) is 0.475. The first kappa shape index (κ1) is 23.1. The van der Waals surface area contributed by atoms with Crippen LogP contribution in [0.3, 0.4) is 0 Å². The summed E-state index contributed by atoms with van der Waals surface area (Å²) in [7, 11) is 1.72. The number of nitrogens with zero attached hydrogens (tertiary/aromatic N) is 3. The number of benzene rings is 3. The summed E-state index contributed by atoms with van der Waals surface area (Å²) < 4.78 is 33.6. The molecule has 3 aromatic carbocycles. The number of fused-ring (bicyclic) bond motifs is 10. The lowest BCUT2D eigenvalue weighted by atomic mass is 9.92. The van der Waals surface area contributed by atoms with E-state index < -0.39 is 24.4 Å². The molecule has 0 aliphatic carbocycles. The zero-order valence-corrected chi connectivity index (χ0v) is 20.7. The molecule has 2 unspecified atom stereocenters. The van der Waals surface area contributed by atoms with Crippen molar-refractivity contribution in [3.63, 3.8) is 0 Å². The molecule has 3 aliphatic rings. The minimum atomic E-state index is -3.01. The van der Waals surface area contributed by atoms with Gasteiger partial charge in [0, 0.05) is 30.3 Å². The Labute approximate surface area is 216 Å². The maximum atomic E-state index is 13.3. The molecule has 38 heavy (non-hydrogen) atoms. The number of alkyl halides is 2. The molecule has 0 spiro atoms. The van der Waals surface area contributed by atoms with Gasteiger partial charge in [-0.1, -0.05) is 24.3 Å². The van der Waals surface area contributed by atoms with E-state index in [1.807, 2.05) is 36.4 Å². The lowest BCUT2D eigenvalue weighted by Crippen LogP contribution is -2.43. The first-order valence-corrected chi connectivity index (χ1v) is 12.4. The van der Waals surface area contributed by atoms with Crippen LogP contribution < -0.4 is 15.8 Å². The Morgan fingerprint density at radius 2 is 1.92 bits per heavy atom. The number of nitrogens with one attached hydrogen (secondary N) is 1. The van der Waals surface area contributed by atoms with Crippen LogP contribution >= 0.6 is 0 Å². The lowest BCUT2D eigenvalue weighted by molar-refractivity contribution is -0.0507. The number of hydrogen-bond acceptors (Lipinski definition) is 6. The zero-order chi connectivity index (χ0) is 26.5. The van der Waals surface area contributed by atoms with Gasteiger partial charge in [-0.05, 0) is 53.9 Å². The monoisotopic (exact) mass is 517 g/mol. The van der Waals surface area contributed by atoms with Crippen molar-refractivity contribution in [3.05, 3.63) is 77.1 Å². The highest BCUT2D eigenvalue weighted by atomic mass is 19.3. The molecule has 4 heterocycles. The molecule has 0 saturated heterocycles. The van der Waals surface area contributed by atoms with Gasteiger partial charge in [0.1, 0.15) is 17.8 Å². The van der Waals surface area contributed by atoms with E-state index in [0.29, 0.717) is 23.4 Å². The van der Waals surface area contributed by atoms with E-state index >= 15 is 0 Å². The molecule has 0 radical (unpaired) electrons. The van der Waals surface area contributed by atoms with Crippen molar-refractivity contribution in [2.45, 2.75) is 43.8 Å². The highest BCUT2D eigenvalue weighted by Crippen LogP contribution is 2.50. The average molecular weight is 518 g/mol. The fourth-order valence-corrected chi connectivity index (χ4v) is 6.22. The van der Waals surface area contributed by atoms with Crippen molar-refractivity contribution in [2.75, 3.05) is 12.4 Å². The number of nitrogens with two attached hydrogens (primary N) is 1. The number of halogens is 2. The Balaban J connectivity index is 1.40. The van der Waals surface area contributed by atoms with E-state index in [-0.39, 0.29) is 17.7 Å². The summed E-state index contributed by atoms with van der Waals surface area (Å²) in [6, 6.07) is 15.8. The number of aromatic nitrogens is 2. The van der Waals surface area contributed by atoms with Crippen molar-refractivity contribution >= 4 is 22.6 Å². The van der Waals surface area contributed by atoms with Crippen molar-refractivity contribution < 1.29 is 23.4 Å². The summed E-state index contributed by atoms with van der Waals surface area (Å²) >= 11 is 0. The van der Waals surface area contributed by atoms with E-state index in [0.717, 1.165) is 33.4 Å². The van der Waals surface area contributed by atoms with E-state index in [1.165, 1.54) is 6.07 Å². The van der Waals surface area contributed by atoms with Gasteiger partial charge in [-0.25, -0.2) is 4.98 Å². The molecule has 1 amide bonds. The molecule has 10 heteroatoms. The summed E-state index contributed by atoms with van der Waals surface area (Å²) in [5.41, 5.74) is 11.2. The highest BCUT2D eigenvalue weighted by Gasteiger charge is 2.45. The second-order valence-electron chi connectivity index (χ2n) is 10.4. The van der Waals surface area contributed by atoms with Gasteiger partial charge in [0.2, 0.25) is 0 Å². The molecule has 4 atom stereocenters. The maximum Gasteiger partial charge on any atom is 0.387 e. The number of carbonyl (C=O) groups excluding carboxylic acids is 1. The minimum absolute atomic E-state index is 0.00356. The van der Waals surface area contributed by atoms with Gasteiger partial charge in [0.15, 0.2) is 0 Å². The minimum Gasteiger partial charge on any atom is -0.434 e. The van der Waals surface area contributed by atoms with Crippen LogP contribution in [-0.2, 0) is 5.54 Å². The Hall–Kier alpha value is -4.02. The first-order valence-electron chi connectivity index (χ1n) is 12.4. The Morgan fingerprint density at radius 3 is 2.71 bits per heavy atom. The van der Waals surface area contributed by atoms with Crippen LogP contribution in [-0.4, -0.2) is 45.4 Å². The molecule has 8 nitrogen and oxygen atoms in total. The van der Waals surface area contributed by atoms with Crippen molar-refractivity contribution in [1.82, 2.24) is 14.5 Å². The van der Waals surface area contributed by atoms with Crippen molar-refractivity contribution in [2.24, 2.45) is 5.73 Å². The van der Waals surface area contributed by atoms with Gasteiger partial charge < -0.3 is 30.4 Å². The number of rotatable bonds is 3. The van der Waals surface area contributed by atoms with Crippen LogP contribution in [0.5, 0.6) is 5.75 Å². The summed E-state index contributed by atoms with van der Waals surface area (Å²) in [6.45, 7) is -1.23. The number of amides is 1. The first-order chi connectivity index (χ1) is 18.1. The van der Waals surface area contributed by atoms with Crippen LogP contribution in [0.4, 0.5) is 14.5 Å². The van der Waals surface area contributed by atoms with Crippen LogP contribution in [0, 0.1) is 0 Å². The van der Waals surface area contributed by atoms with Crippen LogP contribution in [0.25, 0.3) is 22.2 Å². The molecular weight excluding hydrogens is 492 g/mol. The quantitative estimate of drug-likeness (QED) is 0.373. The van der Waals surface area contributed by atoms with Gasteiger partial charge >= 0.3 is 6.61 Å². The Bertz CT molecular complexity index is 1650.